The molecule has 0 bridgehead atoms. The first-order chi connectivity index (χ1) is 3.47. The first kappa shape index (κ1) is 3.87. The molecule has 1 radical (unpaired) electrons. The summed E-state index contributed by atoms with van der Waals surface area (Å²) in [5.41, 5.74) is 0. The van der Waals surface area contributed by atoms with E-state index < -0.39 is 0 Å². The van der Waals surface area contributed by atoms with Gasteiger partial charge in [-0.2, -0.15) is 0 Å². The zero-order chi connectivity index (χ0) is 4.69. The highest BCUT2D eigenvalue weighted by molar-refractivity contribution is 4.88. The lowest BCUT2D eigenvalue weighted by atomic mass is 10.1. The largest absolute Gasteiger partial charge is 0.373 e. The summed E-state index contributed by atoms with van der Waals surface area (Å²) in [6, 6.07) is 0. The van der Waals surface area contributed by atoms with Crippen LogP contribution in [-0.4, -0.2) is 18.8 Å². The molecule has 2 rings (SSSR count). The van der Waals surface area contributed by atoms with Gasteiger partial charge in [-0.15, -0.1) is 0 Å². The maximum absolute atomic E-state index is 5.10. The molecule has 0 amide bonds. The van der Waals surface area contributed by atoms with Crippen LogP contribution >= 0.6 is 0 Å². The second-order valence-corrected chi connectivity index (χ2v) is 1.95. The zero-order valence-electron chi connectivity index (χ0n) is 3.96. The molecular formula is C5H7O2. The summed E-state index contributed by atoms with van der Waals surface area (Å²) in [7, 11) is 0. The van der Waals surface area contributed by atoms with Gasteiger partial charge >= 0.3 is 0 Å². The molecule has 2 saturated heterocycles. The Morgan fingerprint density at radius 2 is 2.43 bits per heavy atom. The average Bonchev–Trinajstić information content (AvgIpc) is 1.85. The smallest absolute Gasteiger partial charge is 0.108 e. The molecular weight excluding hydrogens is 92.1 g/mol. The Hall–Kier alpha value is -0.0800. The van der Waals surface area contributed by atoms with Crippen molar-refractivity contribution in [1.29, 1.82) is 0 Å². The van der Waals surface area contributed by atoms with Crippen LogP contribution in [0.2, 0.25) is 0 Å². The van der Waals surface area contributed by atoms with E-state index in [9.17, 15) is 0 Å². The number of rotatable bonds is 0. The van der Waals surface area contributed by atoms with Crippen molar-refractivity contribution in [1.82, 2.24) is 0 Å². The Kier molecular flexibility index (Phi) is 0.664. The fourth-order valence-corrected chi connectivity index (χ4v) is 0.932. The second-order valence-electron chi connectivity index (χ2n) is 1.95. The molecule has 2 unspecified atom stereocenters. The third-order valence-corrected chi connectivity index (χ3v) is 1.49. The maximum Gasteiger partial charge on any atom is 0.108 e. The monoisotopic (exact) mass is 99.0 g/mol. The van der Waals surface area contributed by atoms with Gasteiger partial charge in [-0.3, -0.25) is 0 Å². The normalized spacial score (nSPS) is 48.0. The number of hydrogen-bond acceptors (Lipinski definition) is 2. The van der Waals surface area contributed by atoms with Crippen LogP contribution in [0.5, 0.6) is 0 Å². The first-order valence-corrected chi connectivity index (χ1v) is 2.55. The molecule has 0 aromatic rings. The highest BCUT2D eigenvalue weighted by Gasteiger charge is 2.37. The van der Waals surface area contributed by atoms with E-state index in [-0.39, 0.29) is 0 Å². The van der Waals surface area contributed by atoms with Crippen molar-refractivity contribution in [3.05, 3.63) is 6.61 Å². The standard InChI is InChI=1S/C5H7O2/c1-2-6-5-3-7-4(1)5/h2,4-5H,1,3H2. The van der Waals surface area contributed by atoms with Crippen molar-refractivity contribution in [2.75, 3.05) is 6.61 Å². The Labute approximate surface area is 42.4 Å². The predicted octanol–water partition coefficient (Wildman–Crippen LogP) is 0.336. The third kappa shape index (κ3) is 0.409. The van der Waals surface area contributed by atoms with Crippen LogP contribution in [0.15, 0.2) is 0 Å². The molecule has 2 atom stereocenters. The van der Waals surface area contributed by atoms with Crippen molar-refractivity contribution in [3.8, 4) is 0 Å². The van der Waals surface area contributed by atoms with Crippen LogP contribution in [-0.2, 0) is 9.47 Å². The Morgan fingerprint density at radius 1 is 1.43 bits per heavy atom. The van der Waals surface area contributed by atoms with E-state index in [2.05, 4.69) is 0 Å². The van der Waals surface area contributed by atoms with Gasteiger partial charge in [-0.25, -0.2) is 0 Å². The van der Waals surface area contributed by atoms with Gasteiger partial charge in [0.1, 0.15) is 6.10 Å². The molecule has 2 heteroatoms. The van der Waals surface area contributed by atoms with Crippen molar-refractivity contribution < 1.29 is 9.47 Å². The van der Waals surface area contributed by atoms with Crippen LogP contribution in [0, 0.1) is 6.61 Å². The molecule has 2 heterocycles. The van der Waals surface area contributed by atoms with Crippen molar-refractivity contribution in [3.63, 3.8) is 0 Å². The molecule has 0 aromatic carbocycles. The molecule has 0 N–H and O–H groups in total. The average molecular weight is 99.1 g/mol. The fourth-order valence-electron chi connectivity index (χ4n) is 0.932. The molecule has 2 fully saturated rings. The van der Waals surface area contributed by atoms with E-state index in [0.717, 1.165) is 13.0 Å². The maximum atomic E-state index is 5.10. The van der Waals surface area contributed by atoms with E-state index in [4.69, 9.17) is 9.47 Å². The summed E-state index contributed by atoms with van der Waals surface area (Å²) in [4.78, 5) is 0. The van der Waals surface area contributed by atoms with E-state index in [1.165, 1.54) is 0 Å². The van der Waals surface area contributed by atoms with E-state index in [1.807, 2.05) is 6.61 Å². The van der Waals surface area contributed by atoms with E-state index >= 15 is 0 Å². The highest BCUT2D eigenvalue weighted by atomic mass is 16.6. The minimum atomic E-state index is 0.417. The lowest BCUT2D eigenvalue weighted by Crippen LogP contribution is -2.40. The summed E-state index contributed by atoms with van der Waals surface area (Å²) in [5, 5.41) is 0. The highest BCUT2D eigenvalue weighted by Crippen LogP contribution is 2.27. The van der Waals surface area contributed by atoms with Crippen LogP contribution in [0.1, 0.15) is 6.42 Å². The predicted molar refractivity (Wildman–Crippen MR) is 23.5 cm³/mol. The molecule has 2 aliphatic heterocycles. The lowest BCUT2D eigenvalue weighted by molar-refractivity contribution is -0.130. The molecule has 2 nitrogen and oxygen atoms in total. The molecule has 39 valence electrons. The Bertz CT molecular complexity index is 72.1. The molecule has 2 aliphatic rings. The number of fused-ring (bicyclic) bond motifs is 1. The topological polar surface area (TPSA) is 18.5 Å². The summed E-state index contributed by atoms with van der Waals surface area (Å²) < 4.78 is 10.2. The molecule has 0 aromatic heterocycles. The molecule has 0 aliphatic carbocycles. The van der Waals surface area contributed by atoms with Gasteiger partial charge in [0.25, 0.3) is 0 Å². The minimum absolute atomic E-state index is 0.417. The quantitative estimate of drug-likeness (QED) is 0.436. The summed E-state index contributed by atoms with van der Waals surface area (Å²) >= 11 is 0. The minimum Gasteiger partial charge on any atom is -0.373 e. The van der Waals surface area contributed by atoms with Gasteiger partial charge in [0, 0.05) is 6.42 Å². The van der Waals surface area contributed by atoms with Crippen molar-refractivity contribution >= 4 is 0 Å². The fraction of sp³-hybridized carbons (Fsp3) is 0.800. The van der Waals surface area contributed by atoms with Gasteiger partial charge in [-0.05, 0) is 0 Å². The number of hydrogen-bond donors (Lipinski definition) is 0. The van der Waals surface area contributed by atoms with Gasteiger partial charge in [-0.1, -0.05) is 0 Å². The summed E-state index contributed by atoms with van der Waals surface area (Å²) in [6.07, 6.45) is 1.82. The zero-order valence-corrected chi connectivity index (χ0v) is 3.96. The summed E-state index contributed by atoms with van der Waals surface area (Å²) in [5.74, 6) is 0. The molecule has 7 heavy (non-hydrogen) atoms. The van der Waals surface area contributed by atoms with Gasteiger partial charge in [0.2, 0.25) is 0 Å². The SMILES string of the molecule is [CH]1CC2OCC2O1. The summed E-state index contributed by atoms with van der Waals surface area (Å²) in [6.45, 7) is 2.64. The van der Waals surface area contributed by atoms with Crippen LogP contribution < -0.4 is 0 Å². The molecule has 0 spiro atoms. The Morgan fingerprint density at radius 3 is 2.71 bits per heavy atom. The second kappa shape index (κ2) is 1.20. The number of ether oxygens (including phenoxy) is 2. The van der Waals surface area contributed by atoms with Crippen LogP contribution in [0.3, 0.4) is 0 Å². The van der Waals surface area contributed by atoms with Gasteiger partial charge in [0.15, 0.2) is 0 Å². The van der Waals surface area contributed by atoms with Gasteiger partial charge < -0.3 is 9.47 Å². The van der Waals surface area contributed by atoms with Crippen LogP contribution in [0.4, 0.5) is 0 Å². The van der Waals surface area contributed by atoms with Crippen molar-refractivity contribution in [2.45, 2.75) is 18.6 Å². The van der Waals surface area contributed by atoms with Gasteiger partial charge in [0.05, 0.1) is 19.3 Å². The Balaban J connectivity index is 2.03. The lowest BCUT2D eigenvalue weighted by Gasteiger charge is -2.28. The third-order valence-electron chi connectivity index (χ3n) is 1.49. The van der Waals surface area contributed by atoms with E-state index in [0.29, 0.717) is 12.2 Å². The molecule has 0 saturated carbocycles. The van der Waals surface area contributed by atoms with Crippen molar-refractivity contribution in [2.24, 2.45) is 0 Å². The van der Waals surface area contributed by atoms with Crippen LogP contribution in [0.25, 0.3) is 0 Å². The first-order valence-electron chi connectivity index (χ1n) is 2.55. The van der Waals surface area contributed by atoms with E-state index in [1.54, 1.807) is 0 Å².